The van der Waals surface area contributed by atoms with Gasteiger partial charge in [0.05, 0.1) is 5.02 Å². The predicted octanol–water partition coefficient (Wildman–Crippen LogP) is 4.45. The van der Waals surface area contributed by atoms with Crippen LogP contribution in [0.15, 0.2) is 22.9 Å². The molecule has 0 amide bonds. The molecule has 15 heavy (non-hydrogen) atoms. The molecule has 0 N–H and O–H groups in total. The van der Waals surface area contributed by atoms with Crippen LogP contribution in [-0.2, 0) is 0 Å². The van der Waals surface area contributed by atoms with Gasteiger partial charge in [-0.15, -0.1) is 13.2 Å². The van der Waals surface area contributed by atoms with E-state index in [9.17, 15) is 13.2 Å². The molecule has 6 heteroatoms. The van der Waals surface area contributed by atoms with E-state index in [1.54, 1.807) is 10.8 Å². The van der Waals surface area contributed by atoms with Gasteiger partial charge in [-0.3, -0.25) is 0 Å². The van der Waals surface area contributed by atoms with Gasteiger partial charge in [-0.2, -0.15) is 11.3 Å². The molecule has 0 saturated carbocycles. The monoisotopic (exact) mass is 252 g/mol. The average molecular weight is 253 g/mol. The van der Waals surface area contributed by atoms with Gasteiger partial charge in [0.15, 0.2) is 0 Å². The van der Waals surface area contributed by atoms with Crippen molar-refractivity contribution in [2.75, 3.05) is 0 Å². The Balaban J connectivity index is 2.45. The third-order valence-electron chi connectivity index (χ3n) is 1.75. The van der Waals surface area contributed by atoms with Crippen LogP contribution >= 0.6 is 22.9 Å². The van der Waals surface area contributed by atoms with E-state index in [0.29, 0.717) is 5.39 Å². The summed E-state index contributed by atoms with van der Waals surface area (Å²) in [5.41, 5.74) is 0. The first-order valence-electron chi connectivity index (χ1n) is 3.87. The fraction of sp³-hybridized carbons (Fsp3) is 0.111. The lowest BCUT2D eigenvalue weighted by molar-refractivity contribution is -0.274. The third kappa shape index (κ3) is 2.35. The lowest BCUT2D eigenvalue weighted by Gasteiger charge is -2.09. The van der Waals surface area contributed by atoms with Crippen LogP contribution < -0.4 is 4.74 Å². The zero-order valence-corrected chi connectivity index (χ0v) is 8.71. The molecule has 0 fully saturated rings. The van der Waals surface area contributed by atoms with Crippen molar-refractivity contribution >= 4 is 33.7 Å². The molecule has 1 heterocycles. The first-order chi connectivity index (χ1) is 6.96. The van der Waals surface area contributed by atoms with Crippen LogP contribution in [0.1, 0.15) is 0 Å². The molecule has 0 saturated heterocycles. The summed E-state index contributed by atoms with van der Waals surface area (Å²) in [5, 5.41) is 5.12. The maximum absolute atomic E-state index is 11.9. The summed E-state index contributed by atoms with van der Waals surface area (Å²) in [6, 6.07) is 2.47. The van der Waals surface area contributed by atoms with E-state index >= 15 is 0 Å². The van der Waals surface area contributed by atoms with E-state index in [1.807, 2.05) is 0 Å². The van der Waals surface area contributed by atoms with Crippen LogP contribution in [0.4, 0.5) is 13.2 Å². The summed E-state index contributed by atoms with van der Waals surface area (Å²) < 4.78 is 39.6. The van der Waals surface area contributed by atoms with Crippen LogP contribution in [-0.4, -0.2) is 6.36 Å². The molecule has 1 aromatic carbocycles. The van der Waals surface area contributed by atoms with Crippen LogP contribution in [0.2, 0.25) is 5.02 Å². The fourth-order valence-corrected chi connectivity index (χ4v) is 2.35. The molecule has 1 nitrogen and oxygen atoms in total. The van der Waals surface area contributed by atoms with Gasteiger partial charge in [0.25, 0.3) is 0 Å². The molecule has 0 aliphatic heterocycles. The first kappa shape index (κ1) is 10.6. The van der Waals surface area contributed by atoms with Gasteiger partial charge in [0.1, 0.15) is 5.75 Å². The van der Waals surface area contributed by atoms with Crippen LogP contribution in [0, 0.1) is 0 Å². The maximum atomic E-state index is 11.9. The molecule has 0 radical (unpaired) electrons. The number of halogens is 4. The second-order valence-corrected chi connectivity index (χ2v) is 3.98. The van der Waals surface area contributed by atoms with Gasteiger partial charge in [0, 0.05) is 10.8 Å². The topological polar surface area (TPSA) is 9.23 Å². The van der Waals surface area contributed by atoms with E-state index in [1.165, 1.54) is 17.4 Å². The van der Waals surface area contributed by atoms with Crippen molar-refractivity contribution in [1.29, 1.82) is 0 Å². The summed E-state index contributed by atoms with van der Waals surface area (Å²) in [5.74, 6) is -0.293. The van der Waals surface area contributed by atoms with Crippen molar-refractivity contribution in [3.05, 3.63) is 27.9 Å². The SMILES string of the molecule is FC(F)(F)Oc1cc(Cl)c2cscc2c1. The number of alkyl halides is 3. The Hall–Kier alpha value is -0.940. The molecular weight excluding hydrogens is 249 g/mol. The lowest BCUT2D eigenvalue weighted by Crippen LogP contribution is -2.17. The van der Waals surface area contributed by atoms with Gasteiger partial charge in [0.2, 0.25) is 0 Å². The molecule has 80 valence electrons. The Morgan fingerprint density at radius 2 is 1.93 bits per heavy atom. The van der Waals surface area contributed by atoms with E-state index in [-0.39, 0.29) is 10.8 Å². The zero-order valence-electron chi connectivity index (χ0n) is 7.14. The molecule has 0 atom stereocenters. The zero-order chi connectivity index (χ0) is 11.1. The van der Waals surface area contributed by atoms with Gasteiger partial charge < -0.3 is 4.74 Å². The van der Waals surface area contributed by atoms with Gasteiger partial charge in [-0.1, -0.05) is 11.6 Å². The number of thiophene rings is 1. The van der Waals surface area contributed by atoms with Gasteiger partial charge >= 0.3 is 6.36 Å². The Labute approximate surface area is 92.0 Å². The van der Waals surface area contributed by atoms with Gasteiger partial charge in [-0.25, -0.2) is 0 Å². The molecule has 0 aliphatic rings. The number of hydrogen-bond acceptors (Lipinski definition) is 2. The summed E-state index contributed by atoms with van der Waals surface area (Å²) in [7, 11) is 0. The summed E-state index contributed by atoms with van der Waals surface area (Å²) in [4.78, 5) is 0. The molecular formula is C9H4ClF3OS. The van der Waals surface area contributed by atoms with Crippen LogP contribution in [0.25, 0.3) is 10.8 Å². The van der Waals surface area contributed by atoms with Crippen LogP contribution in [0.3, 0.4) is 0 Å². The normalized spacial score (nSPS) is 12.0. The van der Waals surface area contributed by atoms with Crippen LogP contribution in [0.5, 0.6) is 5.75 Å². The minimum absolute atomic E-state index is 0.257. The highest BCUT2D eigenvalue weighted by Crippen LogP contribution is 2.33. The minimum Gasteiger partial charge on any atom is -0.406 e. The lowest BCUT2D eigenvalue weighted by atomic mass is 10.2. The number of ether oxygens (including phenoxy) is 1. The highest BCUT2D eigenvalue weighted by molar-refractivity contribution is 7.09. The minimum atomic E-state index is -4.69. The second-order valence-electron chi connectivity index (χ2n) is 2.83. The number of benzene rings is 1. The Bertz CT molecular complexity index is 492. The number of fused-ring (bicyclic) bond motifs is 1. The standard InChI is InChI=1S/C9H4ClF3OS/c10-8-2-6(14-9(11,12)13)1-5-3-15-4-7(5)8/h1-4H. The Kier molecular flexibility index (Phi) is 2.52. The highest BCUT2D eigenvalue weighted by atomic mass is 35.5. The fourth-order valence-electron chi connectivity index (χ4n) is 1.20. The summed E-state index contributed by atoms with van der Waals surface area (Å²) in [6.07, 6.45) is -4.69. The molecule has 0 unspecified atom stereocenters. The Morgan fingerprint density at radius 1 is 1.20 bits per heavy atom. The van der Waals surface area contributed by atoms with E-state index in [2.05, 4.69) is 4.74 Å². The van der Waals surface area contributed by atoms with E-state index < -0.39 is 6.36 Å². The summed E-state index contributed by atoms with van der Waals surface area (Å²) >= 11 is 7.16. The quantitative estimate of drug-likeness (QED) is 0.728. The van der Waals surface area contributed by atoms with Crippen molar-refractivity contribution in [1.82, 2.24) is 0 Å². The molecule has 0 bridgehead atoms. The molecule has 0 aliphatic carbocycles. The maximum Gasteiger partial charge on any atom is 0.573 e. The number of hydrogen-bond donors (Lipinski definition) is 0. The number of rotatable bonds is 1. The van der Waals surface area contributed by atoms with Gasteiger partial charge in [-0.05, 0) is 22.9 Å². The van der Waals surface area contributed by atoms with Crippen molar-refractivity contribution < 1.29 is 17.9 Å². The molecule has 0 spiro atoms. The molecule has 1 aromatic heterocycles. The molecule has 2 rings (SSSR count). The predicted molar refractivity (Wildman–Crippen MR) is 53.5 cm³/mol. The third-order valence-corrected chi connectivity index (χ3v) is 2.82. The molecule has 2 aromatic rings. The van der Waals surface area contributed by atoms with E-state index in [0.717, 1.165) is 11.5 Å². The van der Waals surface area contributed by atoms with Crippen molar-refractivity contribution in [2.24, 2.45) is 0 Å². The second kappa shape index (κ2) is 3.57. The van der Waals surface area contributed by atoms with Crippen molar-refractivity contribution in [3.63, 3.8) is 0 Å². The van der Waals surface area contributed by atoms with Crippen molar-refractivity contribution in [2.45, 2.75) is 6.36 Å². The average Bonchev–Trinajstić information content (AvgIpc) is 2.48. The first-order valence-corrected chi connectivity index (χ1v) is 5.19. The van der Waals surface area contributed by atoms with Crippen molar-refractivity contribution in [3.8, 4) is 5.75 Å². The summed E-state index contributed by atoms with van der Waals surface area (Å²) in [6.45, 7) is 0. The smallest absolute Gasteiger partial charge is 0.406 e. The van der Waals surface area contributed by atoms with E-state index in [4.69, 9.17) is 11.6 Å². The Morgan fingerprint density at radius 3 is 2.60 bits per heavy atom. The largest absolute Gasteiger partial charge is 0.573 e. The highest BCUT2D eigenvalue weighted by Gasteiger charge is 2.31.